The second-order valence-corrected chi connectivity index (χ2v) is 6.13. The maximum absolute atomic E-state index is 6.17. The Hall–Kier alpha value is -1.94. The molecule has 2 aromatic rings. The number of likely N-dealkylation sites (N-methyl/N-ethyl adjacent to an activating group) is 1. The zero-order valence-electron chi connectivity index (χ0n) is 17.7. The molecular formula is C21H33IN4O3. The number of halogens is 1. The van der Waals surface area contributed by atoms with Gasteiger partial charge in [0.2, 0.25) is 0 Å². The van der Waals surface area contributed by atoms with Gasteiger partial charge in [-0.15, -0.1) is 24.0 Å². The van der Waals surface area contributed by atoms with Gasteiger partial charge in [-0.25, -0.2) is 0 Å². The highest BCUT2D eigenvalue weighted by Crippen LogP contribution is 2.29. The predicted octanol–water partition coefficient (Wildman–Crippen LogP) is 4.50. The van der Waals surface area contributed by atoms with E-state index in [-0.39, 0.29) is 30.0 Å². The molecule has 3 N–H and O–H groups in total. The first-order valence-electron chi connectivity index (χ1n) is 9.86. The first-order chi connectivity index (χ1) is 13.6. The van der Waals surface area contributed by atoms with Crippen LogP contribution in [0.3, 0.4) is 0 Å². The van der Waals surface area contributed by atoms with Crippen LogP contribution in [-0.2, 0) is 0 Å². The molecule has 8 heteroatoms. The molecule has 7 nitrogen and oxygen atoms in total. The second kappa shape index (κ2) is 13.3. The van der Waals surface area contributed by atoms with Crippen molar-refractivity contribution in [1.29, 1.82) is 0 Å². The van der Waals surface area contributed by atoms with Gasteiger partial charge in [-0.1, -0.05) is 13.8 Å². The monoisotopic (exact) mass is 516 g/mol. The van der Waals surface area contributed by atoms with Gasteiger partial charge in [0.05, 0.1) is 37.8 Å². The van der Waals surface area contributed by atoms with Crippen LogP contribution in [0, 0.1) is 0 Å². The van der Waals surface area contributed by atoms with Gasteiger partial charge in [0, 0.05) is 6.07 Å². The summed E-state index contributed by atoms with van der Waals surface area (Å²) in [4.78, 5) is 6.84. The van der Waals surface area contributed by atoms with Gasteiger partial charge in [0.15, 0.2) is 5.96 Å². The number of furan rings is 1. The number of rotatable bonds is 11. The number of nitrogens with one attached hydrogen (secondary N) is 1. The molecule has 1 atom stereocenters. The molecule has 0 radical (unpaired) electrons. The highest BCUT2D eigenvalue weighted by atomic mass is 127. The van der Waals surface area contributed by atoms with Crippen LogP contribution in [-0.4, -0.2) is 43.7 Å². The summed E-state index contributed by atoms with van der Waals surface area (Å²) >= 11 is 0. The number of anilines is 1. The predicted molar refractivity (Wildman–Crippen MR) is 129 cm³/mol. The van der Waals surface area contributed by atoms with Crippen molar-refractivity contribution in [2.45, 2.75) is 33.7 Å². The molecule has 0 aliphatic carbocycles. The van der Waals surface area contributed by atoms with E-state index in [1.165, 1.54) is 0 Å². The van der Waals surface area contributed by atoms with Crippen LogP contribution < -0.4 is 20.5 Å². The molecule has 0 spiro atoms. The quantitative estimate of drug-likeness (QED) is 0.260. The Labute approximate surface area is 190 Å². The molecule has 1 unspecified atom stereocenters. The van der Waals surface area contributed by atoms with Crippen LogP contribution in [0.1, 0.15) is 39.5 Å². The van der Waals surface area contributed by atoms with Gasteiger partial charge in [-0.05, 0) is 51.2 Å². The third kappa shape index (κ3) is 7.43. The SMILES string of the molecule is CCOc1ccc(OCC)c(NC(N)=NCC(c2ccco2)N(CC)CC)c1.I. The van der Waals surface area contributed by atoms with E-state index in [0.717, 1.165) is 30.3 Å². The lowest BCUT2D eigenvalue weighted by Crippen LogP contribution is -2.32. The second-order valence-electron chi connectivity index (χ2n) is 6.13. The average molecular weight is 516 g/mol. The minimum Gasteiger partial charge on any atom is -0.494 e. The van der Waals surface area contributed by atoms with E-state index in [9.17, 15) is 0 Å². The zero-order chi connectivity index (χ0) is 20.4. The summed E-state index contributed by atoms with van der Waals surface area (Å²) in [6.07, 6.45) is 1.69. The molecule has 1 aromatic carbocycles. The Morgan fingerprint density at radius 2 is 1.86 bits per heavy atom. The van der Waals surface area contributed by atoms with Crippen molar-refractivity contribution in [3.05, 3.63) is 42.4 Å². The fourth-order valence-corrected chi connectivity index (χ4v) is 3.04. The number of nitrogens with zero attached hydrogens (tertiary/aromatic N) is 2. The zero-order valence-corrected chi connectivity index (χ0v) is 20.0. The molecule has 0 bridgehead atoms. The van der Waals surface area contributed by atoms with Crippen LogP contribution in [0.5, 0.6) is 11.5 Å². The number of benzene rings is 1. The summed E-state index contributed by atoms with van der Waals surface area (Å²) in [5.74, 6) is 2.65. The van der Waals surface area contributed by atoms with Gasteiger partial charge in [-0.2, -0.15) is 0 Å². The highest BCUT2D eigenvalue weighted by molar-refractivity contribution is 14.0. The molecule has 162 valence electrons. The molecule has 0 amide bonds. The van der Waals surface area contributed by atoms with E-state index in [2.05, 4.69) is 29.1 Å². The molecule has 0 aliphatic rings. The largest absolute Gasteiger partial charge is 0.494 e. The van der Waals surface area contributed by atoms with Crippen molar-refractivity contribution in [3.8, 4) is 11.5 Å². The van der Waals surface area contributed by atoms with Gasteiger partial charge in [0.1, 0.15) is 17.3 Å². The van der Waals surface area contributed by atoms with Crippen molar-refractivity contribution in [2.24, 2.45) is 10.7 Å². The lowest BCUT2D eigenvalue weighted by Gasteiger charge is -2.26. The number of hydrogen-bond acceptors (Lipinski definition) is 5. The topological polar surface area (TPSA) is 85.2 Å². The first kappa shape index (κ1) is 25.1. The molecular weight excluding hydrogens is 483 g/mol. The average Bonchev–Trinajstić information content (AvgIpc) is 3.22. The molecule has 29 heavy (non-hydrogen) atoms. The molecule has 0 saturated carbocycles. The van der Waals surface area contributed by atoms with E-state index < -0.39 is 0 Å². The first-order valence-corrected chi connectivity index (χ1v) is 9.86. The van der Waals surface area contributed by atoms with Crippen molar-refractivity contribution in [1.82, 2.24) is 4.90 Å². The molecule has 0 fully saturated rings. The van der Waals surface area contributed by atoms with Crippen LogP contribution in [0.2, 0.25) is 0 Å². The van der Waals surface area contributed by atoms with E-state index in [1.807, 2.05) is 44.2 Å². The summed E-state index contributed by atoms with van der Waals surface area (Å²) in [5, 5.41) is 3.14. The summed E-state index contributed by atoms with van der Waals surface area (Å²) in [6, 6.07) is 9.51. The number of hydrogen-bond donors (Lipinski definition) is 2. The van der Waals surface area contributed by atoms with Crippen LogP contribution in [0.4, 0.5) is 5.69 Å². The maximum atomic E-state index is 6.17. The van der Waals surface area contributed by atoms with E-state index in [0.29, 0.717) is 31.5 Å². The summed E-state index contributed by atoms with van der Waals surface area (Å²) in [6.45, 7) is 11.6. The number of ether oxygens (including phenoxy) is 2. The Morgan fingerprint density at radius 3 is 2.45 bits per heavy atom. The highest BCUT2D eigenvalue weighted by Gasteiger charge is 2.20. The minimum atomic E-state index is 0. The third-order valence-electron chi connectivity index (χ3n) is 4.38. The molecule has 1 aromatic heterocycles. The van der Waals surface area contributed by atoms with Crippen molar-refractivity contribution < 1.29 is 13.9 Å². The summed E-state index contributed by atoms with van der Waals surface area (Å²) < 4.78 is 16.9. The van der Waals surface area contributed by atoms with Crippen LogP contribution in [0.25, 0.3) is 0 Å². The summed E-state index contributed by atoms with van der Waals surface area (Å²) in [7, 11) is 0. The lowest BCUT2D eigenvalue weighted by molar-refractivity contribution is 0.198. The van der Waals surface area contributed by atoms with Crippen molar-refractivity contribution in [3.63, 3.8) is 0 Å². The number of nitrogens with two attached hydrogens (primary N) is 1. The van der Waals surface area contributed by atoms with Crippen LogP contribution >= 0.6 is 24.0 Å². The van der Waals surface area contributed by atoms with Gasteiger partial charge >= 0.3 is 0 Å². The Morgan fingerprint density at radius 1 is 1.14 bits per heavy atom. The van der Waals surface area contributed by atoms with Crippen LogP contribution in [0.15, 0.2) is 46.0 Å². The fraction of sp³-hybridized carbons (Fsp3) is 0.476. The molecule has 1 heterocycles. The smallest absolute Gasteiger partial charge is 0.193 e. The standard InChI is InChI=1S/C21H32N4O3.HI/c1-5-25(6-2)18(20-10-9-13-28-20)15-23-21(22)24-17-14-16(26-7-3)11-12-19(17)27-8-4;/h9-14,18H,5-8,15H2,1-4H3,(H3,22,23,24);1H. The van der Waals surface area contributed by atoms with E-state index >= 15 is 0 Å². The third-order valence-corrected chi connectivity index (χ3v) is 4.38. The number of aliphatic imine (C=N–C) groups is 1. The van der Waals surface area contributed by atoms with Crippen molar-refractivity contribution in [2.75, 3.05) is 38.2 Å². The lowest BCUT2D eigenvalue weighted by atomic mass is 10.2. The molecule has 0 aliphatic heterocycles. The molecule has 2 rings (SSSR count). The number of guanidine groups is 1. The molecule has 0 saturated heterocycles. The van der Waals surface area contributed by atoms with Crippen molar-refractivity contribution >= 4 is 35.6 Å². The maximum Gasteiger partial charge on any atom is 0.193 e. The Balaban J connectivity index is 0.00000420. The van der Waals surface area contributed by atoms with Gasteiger partial charge in [0.25, 0.3) is 0 Å². The van der Waals surface area contributed by atoms with E-state index in [4.69, 9.17) is 19.6 Å². The Bertz CT molecular complexity index is 734. The van der Waals surface area contributed by atoms with E-state index in [1.54, 1.807) is 6.26 Å². The Kier molecular flexibility index (Phi) is 11.5. The minimum absolute atomic E-state index is 0. The van der Waals surface area contributed by atoms with Gasteiger partial charge in [-0.3, -0.25) is 9.89 Å². The van der Waals surface area contributed by atoms with Gasteiger partial charge < -0.3 is 24.9 Å². The fourth-order valence-electron chi connectivity index (χ4n) is 3.04. The summed E-state index contributed by atoms with van der Waals surface area (Å²) in [5.41, 5.74) is 6.90. The normalized spacial score (nSPS) is 12.4.